The molecule has 0 radical (unpaired) electrons. The summed E-state index contributed by atoms with van der Waals surface area (Å²) >= 11 is 0. The van der Waals surface area contributed by atoms with Crippen LogP contribution in [0.3, 0.4) is 0 Å². The second-order valence-electron chi connectivity index (χ2n) is 8.20. The fourth-order valence-corrected chi connectivity index (χ4v) is 3.35. The van der Waals surface area contributed by atoms with E-state index in [0.717, 1.165) is 41.2 Å². The Bertz CT molecular complexity index is 703. The molecule has 1 saturated carbocycles. The predicted molar refractivity (Wildman–Crippen MR) is 106 cm³/mol. The Kier molecular flexibility index (Phi) is 6.78. The van der Waals surface area contributed by atoms with Crippen LogP contribution in [0.4, 0.5) is 0 Å². The van der Waals surface area contributed by atoms with Gasteiger partial charge in [-0.25, -0.2) is 0 Å². The topological polar surface area (TPSA) is 81.1 Å². The molecule has 1 aromatic rings. The smallest absolute Gasteiger partial charge is 0.275 e. The van der Waals surface area contributed by atoms with Gasteiger partial charge in [0.05, 0.1) is 26.3 Å². The number of carbonyl (C=O) groups is 2. The van der Waals surface area contributed by atoms with Crippen molar-refractivity contribution in [3.63, 3.8) is 0 Å². The highest BCUT2D eigenvalue weighted by molar-refractivity contribution is 5.79. The summed E-state index contributed by atoms with van der Waals surface area (Å²) in [5.74, 6) is 1.64. The van der Waals surface area contributed by atoms with Gasteiger partial charge in [0.25, 0.3) is 11.8 Å². The van der Waals surface area contributed by atoms with Gasteiger partial charge in [0.2, 0.25) is 0 Å². The molecule has 2 aliphatic rings. The van der Waals surface area contributed by atoms with Crippen LogP contribution in [0.25, 0.3) is 0 Å². The number of ether oxygens (including phenoxy) is 2. The fourth-order valence-electron chi connectivity index (χ4n) is 3.35. The molecule has 1 aromatic carbocycles. The minimum Gasteiger partial charge on any atom is -0.490 e. The highest BCUT2D eigenvalue weighted by atomic mass is 16.5. The summed E-state index contributed by atoms with van der Waals surface area (Å²) < 4.78 is 11.5. The van der Waals surface area contributed by atoms with Crippen molar-refractivity contribution in [2.75, 3.05) is 33.4 Å². The predicted octanol–water partition coefficient (Wildman–Crippen LogP) is 0.455. The van der Waals surface area contributed by atoms with Crippen LogP contribution in [0, 0.1) is 5.92 Å². The first-order chi connectivity index (χ1) is 13.4. The lowest BCUT2D eigenvalue weighted by molar-refractivity contribution is -0.862. The van der Waals surface area contributed by atoms with Crippen LogP contribution in [0.5, 0.6) is 11.5 Å². The van der Waals surface area contributed by atoms with Crippen LogP contribution in [-0.4, -0.2) is 51.2 Å². The molecule has 1 unspecified atom stereocenters. The molecule has 1 aliphatic heterocycles. The third-order valence-electron chi connectivity index (χ3n) is 4.98. The van der Waals surface area contributed by atoms with E-state index < -0.39 is 0 Å². The van der Waals surface area contributed by atoms with E-state index in [0.29, 0.717) is 25.8 Å². The molecule has 2 amide bonds. The van der Waals surface area contributed by atoms with E-state index in [1.165, 1.54) is 0 Å². The first-order valence-corrected chi connectivity index (χ1v) is 10.2. The molecular weight excluding hydrogens is 358 g/mol. The van der Waals surface area contributed by atoms with E-state index in [2.05, 4.69) is 24.5 Å². The van der Waals surface area contributed by atoms with Crippen LogP contribution in [0.15, 0.2) is 18.2 Å². The maximum absolute atomic E-state index is 12.6. The van der Waals surface area contributed by atoms with Crippen molar-refractivity contribution in [2.45, 2.75) is 45.2 Å². The molecule has 28 heavy (non-hydrogen) atoms. The van der Waals surface area contributed by atoms with E-state index in [9.17, 15) is 9.59 Å². The molecular formula is C21H32N3O4+. The second-order valence-corrected chi connectivity index (χ2v) is 8.20. The SMILES string of the molecule is CC(C)[C@H](NC(=O)C[NH+](C)CC(=O)NC1CC1)c1ccc2c(c1)OCCCO2. The Morgan fingerprint density at radius 2 is 1.79 bits per heavy atom. The van der Waals surface area contributed by atoms with Gasteiger partial charge in [-0.05, 0) is 36.5 Å². The van der Waals surface area contributed by atoms with Crippen LogP contribution in [0.2, 0.25) is 0 Å². The first kappa shape index (κ1) is 20.5. The zero-order valence-electron chi connectivity index (χ0n) is 17.0. The summed E-state index contributed by atoms with van der Waals surface area (Å²) in [6.45, 7) is 6.00. The molecule has 1 aliphatic carbocycles. The van der Waals surface area contributed by atoms with E-state index in [1.54, 1.807) is 0 Å². The van der Waals surface area contributed by atoms with Crippen LogP contribution < -0.4 is 25.0 Å². The maximum Gasteiger partial charge on any atom is 0.275 e. The standard InChI is InChI=1S/C21H31N3O4/c1-14(2)21(15-5-8-17-18(11-15)28-10-4-9-27-17)23-20(26)13-24(3)12-19(25)22-16-6-7-16/h5,8,11,14,16,21H,4,6-7,9-10,12-13H2,1-3H3,(H,22,25)(H,23,26)/p+1/t21-/m0/s1. The zero-order chi connectivity index (χ0) is 20.1. The first-order valence-electron chi connectivity index (χ1n) is 10.2. The number of amides is 2. The number of hydrogen-bond donors (Lipinski definition) is 3. The monoisotopic (exact) mass is 390 g/mol. The lowest BCUT2D eigenvalue weighted by Crippen LogP contribution is -3.11. The van der Waals surface area contributed by atoms with Gasteiger partial charge in [-0.1, -0.05) is 19.9 Å². The van der Waals surface area contributed by atoms with Crippen molar-refractivity contribution < 1.29 is 24.0 Å². The summed E-state index contributed by atoms with van der Waals surface area (Å²) in [5, 5.41) is 6.08. The molecule has 7 heteroatoms. The van der Waals surface area contributed by atoms with E-state index in [-0.39, 0.29) is 30.3 Å². The highest BCUT2D eigenvalue weighted by Gasteiger charge is 2.26. The number of hydrogen-bond acceptors (Lipinski definition) is 4. The van der Waals surface area contributed by atoms with E-state index in [4.69, 9.17) is 9.47 Å². The van der Waals surface area contributed by atoms with Crippen LogP contribution >= 0.6 is 0 Å². The van der Waals surface area contributed by atoms with Crippen molar-refractivity contribution in [1.29, 1.82) is 0 Å². The molecule has 3 N–H and O–H groups in total. The minimum absolute atomic E-state index is 0.0103. The molecule has 7 nitrogen and oxygen atoms in total. The molecule has 0 saturated heterocycles. The summed E-state index contributed by atoms with van der Waals surface area (Å²) in [6.07, 6.45) is 2.99. The zero-order valence-corrected chi connectivity index (χ0v) is 17.0. The number of carbonyl (C=O) groups excluding carboxylic acids is 2. The lowest BCUT2D eigenvalue weighted by Gasteiger charge is -2.24. The lowest BCUT2D eigenvalue weighted by atomic mass is 9.95. The average Bonchev–Trinajstić information content (AvgIpc) is 3.45. The molecule has 2 atom stereocenters. The Labute approximate surface area is 166 Å². The number of benzene rings is 1. The Balaban J connectivity index is 1.58. The summed E-state index contributed by atoms with van der Waals surface area (Å²) in [5.41, 5.74) is 0.997. The molecule has 1 heterocycles. The third kappa shape index (κ3) is 5.86. The minimum atomic E-state index is -0.127. The number of nitrogens with one attached hydrogen (secondary N) is 3. The number of quaternary nitrogens is 1. The Morgan fingerprint density at radius 1 is 1.11 bits per heavy atom. The average molecular weight is 391 g/mol. The van der Waals surface area contributed by atoms with Crippen LogP contribution in [-0.2, 0) is 9.59 Å². The van der Waals surface area contributed by atoms with Gasteiger partial charge in [-0.3, -0.25) is 9.59 Å². The second kappa shape index (κ2) is 9.28. The van der Waals surface area contributed by atoms with Crippen molar-refractivity contribution in [1.82, 2.24) is 10.6 Å². The van der Waals surface area contributed by atoms with Gasteiger partial charge < -0.3 is 25.0 Å². The van der Waals surface area contributed by atoms with Crippen molar-refractivity contribution in [3.05, 3.63) is 23.8 Å². The molecule has 3 rings (SSSR count). The number of rotatable bonds is 8. The fraction of sp³-hybridized carbons (Fsp3) is 0.619. The molecule has 154 valence electrons. The Morgan fingerprint density at radius 3 is 2.46 bits per heavy atom. The van der Waals surface area contributed by atoms with Crippen LogP contribution in [0.1, 0.15) is 44.7 Å². The van der Waals surface area contributed by atoms with Gasteiger partial charge in [-0.15, -0.1) is 0 Å². The number of fused-ring (bicyclic) bond motifs is 1. The molecule has 0 spiro atoms. The maximum atomic E-state index is 12.6. The van der Waals surface area contributed by atoms with Gasteiger partial charge in [0.1, 0.15) is 0 Å². The summed E-state index contributed by atoms with van der Waals surface area (Å²) in [4.78, 5) is 25.4. The van der Waals surface area contributed by atoms with Crippen molar-refractivity contribution in [3.8, 4) is 11.5 Å². The van der Waals surface area contributed by atoms with Gasteiger partial charge in [0.15, 0.2) is 24.6 Å². The van der Waals surface area contributed by atoms with Crippen molar-refractivity contribution in [2.24, 2.45) is 5.92 Å². The summed E-state index contributed by atoms with van der Waals surface area (Å²) in [6, 6.07) is 6.08. The van der Waals surface area contributed by atoms with E-state index >= 15 is 0 Å². The van der Waals surface area contributed by atoms with Gasteiger partial charge >= 0.3 is 0 Å². The largest absolute Gasteiger partial charge is 0.490 e. The van der Waals surface area contributed by atoms with Gasteiger partial charge in [-0.2, -0.15) is 0 Å². The van der Waals surface area contributed by atoms with Crippen molar-refractivity contribution >= 4 is 11.8 Å². The molecule has 0 bridgehead atoms. The number of likely N-dealkylation sites (N-methyl/N-ethyl adjacent to an activating group) is 1. The van der Waals surface area contributed by atoms with E-state index in [1.807, 2.05) is 25.2 Å². The Hall–Kier alpha value is -2.28. The molecule has 1 fully saturated rings. The third-order valence-corrected chi connectivity index (χ3v) is 4.98. The molecule has 0 aromatic heterocycles. The van der Waals surface area contributed by atoms with Gasteiger partial charge in [0, 0.05) is 12.5 Å². The highest BCUT2D eigenvalue weighted by Crippen LogP contribution is 2.34. The normalized spacial score (nSPS) is 18.1. The summed E-state index contributed by atoms with van der Waals surface area (Å²) in [7, 11) is 1.87. The quantitative estimate of drug-likeness (QED) is 0.602.